The average Bonchev–Trinajstić information content (AvgIpc) is 3.32. The number of aliphatic hydroxyl groups is 1. The van der Waals surface area contributed by atoms with Gasteiger partial charge in [0.1, 0.15) is 6.04 Å². The third-order valence-electron chi connectivity index (χ3n) is 7.99. The second-order valence-corrected chi connectivity index (χ2v) is 9.96. The Morgan fingerprint density at radius 2 is 1.88 bits per heavy atom. The molecule has 2 fully saturated rings. The maximum atomic E-state index is 13.3. The van der Waals surface area contributed by atoms with Crippen LogP contribution in [0.15, 0.2) is 60.7 Å². The number of ether oxygens (including phenoxy) is 2. The van der Waals surface area contributed by atoms with Gasteiger partial charge in [0.15, 0.2) is 18.0 Å². The number of quaternary nitrogens is 1. The van der Waals surface area contributed by atoms with Crippen molar-refractivity contribution in [1.29, 1.82) is 0 Å². The average molecular weight is 460 g/mol. The topological polar surface area (TPSA) is 72.2 Å². The lowest BCUT2D eigenvalue weighted by Gasteiger charge is -2.50. The minimum absolute atomic E-state index is 0.00153. The van der Waals surface area contributed by atoms with Crippen molar-refractivity contribution in [2.24, 2.45) is 5.92 Å². The van der Waals surface area contributed by atoms with Gasteiger partial charge in [-0.1, -0.05) is 49.2 Å². The van der Waals surface area contributed by atoms with Gasteiger partial charge in [-0.2, -0.15) is 0 Å². The summed E-state index contributed by atoms with van der Waals surface area (Å²) in [5, 5.41) is 16.9. The van der Waals surface area contributed by atoms with Gasteiger partial charge in [0.25, 0.3) is 5.91 Å². The van der Waals surface area contributed by atoms with Crippen LogP contribution in [-0.2, 0) is 4.79 Å². The Kier molecular flexibility index (Phi) is 5.42. The molecule has 6 nitrogen and oxygen atoms in total. The Hall–Kier alpha value is -3.09. The van der Waals surface area contributed by atoms with E-state index in [4.69, 9.17) is 9.47 Å². The Bertz CT molecular complexity index is 1220. The molecule has 1 saturated carbocycles. The molecule has 0 radical (unpaired) electrons. The highest BCUT2D eigenvalue weighted by atomic mass is 16.7. The number of piperidine rings is 1. The van der Waals surface area contributed by atoms with E-state index in [1.54, 1.807) is 0 Å². The van der Waals surface area contributed by atoms with Crippen LogP contribution in [0, 0.1) is 5.92 Å². The number of hydrogen-bond acceptors (Lipinski definition) is 4. The predicted octanol–water partition coefficient (Wildman–Crippen LogP) is 3.46. The molecule has 0 bridgehead atoms. The molecule has 2 heterocycles. The zero-order chi connectivity index (χ0) is 23.1. The molecular weight excluding hydrogens is 428 g/mol. The Morgan fingerprint density at radius 3 is 2.82 bits per heavy atom. The number of hydrogen-bond donors (Lipinski definition) is 3. The molecule has 3 aromatic rings. The van der Waals surface area contributed by atoms with Gasteiger partial charge in [-0.25, -0.2) is 0 Å². The number of anilines is 1. The molecule has 0 spiro atoms. The number of nitrogens with one attached hydrogen (secondary N) is 2. The molecule has 0 aromatic heterocycles. The number of benzene rings is 3. The summed E-state index contributed by atoms with van der Waals surface area (Å²) in [5.41, 5.74) is 1.30. The Balaban J connectivity index is 1.29. The van der Waals surface area contributed by atoms with E-state index in [0.29, 0.717) is 6.54 Å². The first kappa shape index (κ1) is 21.4. The fourth-order valence-corrected chi connectivity index (χ4v) is 6.36. The summed E-state index contributed by atoms with van der Waals surface area (Å²) < 4.78 is 11.2. The monoisotopic (exact) mass is 459 g/mol. The lowest BCUT2D eigenvalue weighted by Crippen LogP contribution is -3.16. The molecule has 3 aliphatic rings. The molecule has 2 aliphatic heterocycles. The lowest BCUT2D eigenvalue weighted by atomic mass is 9.66. The lowest BCUT2D eigenvalue weighted by molar-refractivity contribution is -0.937. The summed E-state index contributed by atoms with van der Waals surface area (Å²) in [4.78, 5) is 14.5. The highest BCUT2D eigenvalue weighted by Gasteiger charge is 2.52. The SMILES string of the molecule is O=C(C[NH+]1CC[C@]2(O)CCCC[C@@H]2[C@H]1c1ccc2c(c1)OCO2)Nc1cccc2ccccc12. The van der Waals surface area contributed by atoms with E-state index >= 15 is 0 Å². The van der Waals surface area contributed by atoms with Crippen molar-refractivity contribution < 1.29 is 24.3 Å². The molecule has 6 rings (SSSR count). The highest BCUT2D eigenvalue weighted by Crippen LogP contribution is 2.45. The molecule has 4 atom stereocenters. The Labute approximate surface area is 199 Å². The van der Waals surface area contributed by atoms with E-state index in [9.17, 15) is 9.90 Å². The fourth-order valence-electron chi connectivity index (χ4n) is 6.36. The number of fused-ring (bicyclic) bond motifs is 3. The Morgan fingerprint density at radius 1 is 1.03 bits per heavy atom. The molecule has 3 aromatic carbocycles. The maximum absolute atomic E-state index is 13.3. The van der Waals surface area contributed by atoms with Crippen LogP contribution in [0.1, 0.15) is 43.7 Å². The van der Waals surface area contributed by atoms with Gasteiger partial charge >= 0.3 is 0 Å². The van der Waals surface area contributed by atoms with Crippen LogP contribution in [0.3, 0.4) is 0 Å². The van der Waals surface area contributed by atoms with Crippen LogP contribution < -0.4 is 19.7 Å². The van der Waals surface area contributed by atoms with Crippen molar-refractivity contribution in [1.82, 2.24) is 0 Å². The van der Waals surface area contributed by atoms with Gasteiger partial charge in [0.2, 0.25) is 6.79 Å². The molecule has 6 heteroatoms. The van der Waals surface area contributed by atoms with Crippen molar-refractivity contribution in [3.63, 3.8) is 0 Å². The second-order valence-electron chi connectivity index (χ2n) is 9.96. The zero-order valence-corrected chi connectivity index (χ0v) is 19.3. The molecule has 1 aliphatic carbocycles. The van der Waals surface area contributed by atoms with Crippen molar-refractivity contribution in [3.8, 4) is 11.5 Å². The molecular formula is C28H31N2O4+. The van der Waals surface area contributed by atoms with Crippen LogP contribution in [0.5, 0.6) is 11.5 Å². The predicted molar refractivity (Wildman–Crippen MR) is 130 cm³/mol. The summed E-state index contributed by atoms with van der Waals surface area (Å²) in [6.07, 6.45) is 4.73. The number of carbonyl (C=O) groups is 1. The fraction of sp³-hybridized carbons (Fsp3) is 0.393. The van der Waals surface area contributed by atoms with E-state index in [1.165, 1.54) is 4.90 Å². The third-order valence-corrected chi connectivity index (χ3v) is 7.99. The van der Waals surface area contributed by atoms with E-state index in [0.717, 1.165) is 72.2 Å². The van der Waals surface area contributed by atoms with Crippen LogP contribution in [0.25, 0.3) is 10.8 Å². The third kappa shape index (κ3) is 3.81. The van der Waals surface area contributed by atoms with Gasteiger partial charge in [-0.05, 0) is 42.5 Å². The summed E-state index contributed by atoms with van der Waals surface area (Å²) in [5.74, 6) is 1.63. The minimum atomic E-state index is -0.658. The quantitative estimate of drug-likeness (QED) is 0.559. The van der Waals surface area contributed by atoms with Crippen LogP contribution >= 0.6 is 0 Å². The van der Waals surface area contributed by atoms with Gasteiger partial charge in [0.05, 0.1) is 12.1 Å². The number of carbonyl (C=O) groups excluding carboxylic acids is 1. The summed E-state index contributed by atoms with van der Waals surface area (Å²) >= 11 is 0. The van der Waals surface area contributed by atoms with E-state index in [-0.39, 0.29) is 24.7 Å². The normalized spacial score (nSPS) is 27.9. The van der Waals surface area contributed by atoms with Crippen LogP contribution in [0.4, 0.5) is 5.69 Å². The van der Waals surface area contributed by atoms with E-state index < -0.39 is 5.60 Å². The minimum Gasteiger partial charge on any atom is -0.454 e. The van der Waals surface area contributed by atoms with E-state index in [1.807, 2.05) is 36.4 Å². The summed E-state index contributed by atoms with van der Waals surface area (Å²) in [6.45, 7) is 1.35. The van der Waals surface area contributed by atoms with Crippen molar-refractivity contribution >= 4 is 22.4 Å². The van der Waals surface area contributed by atoms with Crippen molar-refractivity contribution in [3.05, 3.63) is 66.2 Å². The molecule has 3 N–H and O–H groups in total. The first-order valence-corrected chi connectivity index (χ1v) is 12.3. The smallest absolute Gasteiger partial charge is 0.279 e. The van der Waals surface area contributed by atoms with Crippen LogP contribution in [-0.4, -0.2) is 36.5 Å². The zero-order valence-electron chi connectivity index (χ0n) is 19.3. The van der Waals surface area contributed by atoms with Crippen molar-refractivity contribution in [2.75, 3.05) is 25.2 Å². The molecule has 176 valence electrons. The van der Waals surface area contributed by atoms with Gasteiger partial charge in [-0.3, -0.25) is 4.79 Å². The molecule has 1 unspecified atom stereocenters. The number of amides is 1. The van der Waals surface area contributed by atoms with Crippen LogP contribution in [0.2, 0.25) is 0 Å². The standard InChI is InChI=1S/C28H30N2O4/c31-26(29-23-10-5-7-19-6-1-2-8-21(19)23)17-30-15-14-28(32)13-4-3-9-22(28)27(30)20-11-12-24-25(16-20)34-18-33-24/h1-2,5-8,10-12,16,22,27,32H,3-4,9,13-15,17-18H2,(H,29,31)/p+1/t22-,27-,28-/m1/s1. The first-order chi connectivity index (χ1) is 16.6. The molecule has 1 amide bonds. The van der Waals surface area contributed by atoms with Gasteiger partial charge in [-0.15, -0.1) is 0 Å². The van der Waals surface area contributed by atoms with Gasteiger partial charge < -0.3 is 24.8 Å². The molecule has 34 heavy (non-hydrogen) atoms. The number of rotatable bonds is 4. The largest absolute Gasteiger partial charge is 0.454 e. The van der Waals surface area contributed by atoms with E-state index in [2.05, 4.69) is 29.6 Å². The van der Waals surface area contributed by atoms with Crippen molar-refractivity contribution in [2.45, 2.75) is 43.7 Å². The number of likely N-dealkylation sites (tertiary alicyclic amines) is 1. The maximum Gasteiger partial charge on any atom is 0.279 e. The summed E-state index contributed by atoms with van der Waals surface area (Å²) in [6, 6.07) is 20.2. The summed E-state index contributed by atoms with van der Waals surface area (Å²) in [7, 11) is 0. The highest BCUT2D eigenvalue weighted by molar-refractivity contribution is 6.02. The second kappa shape index (κ2) is 8.60. The van der Waals surface area contributed by atoms with Gasteiger partial charge in [0, 0.05) is 29.0 Å². The molecule has 1 saturated heterocycles. The first-order valence-electron chi connectivity index (χ1n) is 12.3.